The smallest absolute Gasteiger partial charge is 0.00386 e. The van der Waals surface area contributed by atoms with Gasteiger partial charge in [0.05, 0.1) is 0 Å². The van der Waals surface area contributed by atoms with E-state index in [1.165, 1.54) is 58.2 Å². The molecule has 1 unspecified atom stereocenters. The summed E-state index contributed by atoms with van der Waals surface area (Å²) in [5.74, 6) is 1.02. The van der Waals surface area contributed by atoms with E-state index in [1.54, 1.807) is 0 Å². The lowest BCUT2D eigenvalue weighted by Crippen LogP contribution is -2.33. The Morgan fingerprint density at radius 3 is 2.53 bits per heavy atom. The monoisotopic (exact) mass is 240 g/mol. The van der Waals surface area contributed by atoms with Crippen LogP contribution in [0.2, 0.25) is 0 Å². The summed E-state index contributed by atoms with van der Waals surface area (Å²) in [6.45, 7) is 11.8. The van der Waals surface area contributed by atoms with Crippen LogP contribution in [-0.2, 0) is 0 Å². The first kappa shape index (κ1) is 15.0. The molecule has 102 valence electrons. The van der Waals surface area contributed by atoms with Gasteiger partial charge >= 0.3 is 0 Å². The van der Waals surface area contributed by atoms with Crippen molar-refractivity contribution < 1.29 is 0 Å². The minimum atomic E-state index is 0.696. The first-order valence-corrected chi connectivity index (χ1v) is 7.72. The molecule has 0 saturated heterocycles. The average Bonchev–Trinajstić information content (AvgIpc) is 2.26. The number of hydrogen-bond acceptors (Lipinski definition) is 2. The van der Waals surface area contributed by atoms with Crippen molar-refractivity contribution in [1.82, 2.24) is 10.2 Å². The highest BCUT2D eigenvalue weighted by atomic mass is 15.1. The Kier molecular flexibility index (Phi) is 7.87. The van der Waals surface area contributed by atoms with Crippen LogP contribution in [0.1, 0.15) is 59.3 Å². The highest BCUT2D eigenvalue weighted by molar-refractivity contribution is 4.73. The fraction of sp³-hybridized carbons (Fsp3) is 1.00. The first-order chi connectivity index (χ1) is 8.26. The molecule has 0 heterocycles. The summed E-state index contributed by atoms with van der Waals surface area (Å²) >= 11 is 0. The molecule has 0 aliphatic heterocycles. The van der Waals surface area contributed by atoms with Crippen LogP contribution >= 0.6 is 0 Å². The summed E-state index contributed by atoms with van der Waals surface area (Å²) in [5, 5.41) is 3.48. The molecule has 1 atom stereocenters. The molecule has 1 rings (SSSR count). The molecular weight excluding hydrogens is 208 g/mol. The Labute approximate surface area is 108 Å². The van der Waals surface area contributed by atoms with Crippen molar-refractivity contribution >= 4 is 0 Å². The van der Waals surface area contributed by atoms with Gasteiger partial charge < -0.3 is 10.2 Å². The highest BCUT2D eigenvalue weighted by Crippen LogP contribution is 2.27. The summed E-state index contributed by atoms with van der Waals surface area (Å²) in [6.07, 6.45) is 8.50. The van der Waals surface area contributed by atoms with E-state index in [0.717, 1.165) is 12.5 Å². The molecule has 1 fully saturated rings. The Bertz CT molecular complexity index is 178. The second-order valence-electron chi connectivity index (χ2n) is 5.64. The topological polar surface area (TPSA) is 15.3 Å². The number of hydrogen-bond donors (Lipinski definition) is 1. The minimum Gasteiger partial charge on any atom is -0.315 e. The summed E-state index contributed by atoms with van der Waals surface area (Å²) in [5.41, 5.74) is 0. The van der Waals surface area contributed by atoms with Crippen molar-refractivity contribution in [3.63, 3.8) is 0 Å². The Balaban J connectivity index is 1.98. The molecule has 1 aliphatic carbocycles. The van der Waals surface area contributed by atoms with Crippen molar-refractivity contribution in [3.05, 3.63) is 0 Å². The summed E-state index contributed by atoms with van der Waals surface area (Å²) in [7, 11) is 0. The molecule has 0 aromatic heterocycles. The van der Waals surface area contributed by atoms with E-state index in [-0.39, 0.29) is 0 Å². The van der Waals surface area contributed by atoms with Gasteiger partial charge in [-0.25, -0.2) is 0 Å². The molecule has 0 bridgehead atoms. The standard InChI is InChI=1S/C15H32N2/c1-4-16-14(3)9-6-7-12-17(5-2)13-15-10-8-11-15/h14-16H,4-13H2,1-3H3. The maximum atomic E-state index is 3.48. The lowest BCUT2D eigenvalue weighted by atomic mass is 9.85. The minimum absolute atomic E-state index is 0.696. The predicted molar refractivity (Wildman–Crippen MR) is 76.4 cm³/mol. The quantitative estimate of drug-likeness (QED) is 0.590. The van der Waals surface area contributed by atoms with Crippen LogP contribution in [0.15, 0.2) is 0 Å². The van der Waals surface area contributed by atoms with Gasteiger partial charge in [0.15, 0.2) is 0 Å². The second-order valence-corrected chi connectivity index (χ2v) is 5.64. The molecule has 0 amide bonds. The number of rotatable bonds is 10. The van der Waals surface area contributed by atoms with Gasteiger partial charge in [0.25, 0.3) is 0 Å². The first-order valence-electron chi connectivity index (χ1n) is 7.72. The van der Waals surface area contributed by atoms with E-state index < -0.39 is 0 Å². The van der Waals surface area contributed by atoms with Crippen LogP contribution in [0.25, 0.3) is 0 Å². The zero-order chi connectivity index (χ0) is 12.5. The zero-order valence-corrected chi connectivity index (χ0v) is 12.2. The van der Waals surface area contributed by atoms with E-state index in [1.807, 2.05) is 0 Å². The number of nitrogens with zero attached hydrogens (tertiary/aromatic N) is 1. The molecule has 0 aromatic rings. The van der Waals surface area contributed by atoms with E-state index in [0.29, 0.717) is 6.04 Å². The zero-order valence-electron chi connectivity index (χ0n) is 12.2. The van der Waals surface area contributed by atoms with Gasteiger partial charge in [-0.2, -0.15) is 0 Å². The lowest BCUT2D eigenvalue weighted by Gasteiger charge is -2.31. The van der Waals surface area contributed by atoms with Crippen LogP contribution in [-0.4, -0.2) is 37.1 Å². The highest BCUT2D eigenvalue weighted by Gasteiger charge is 2.19. The molecule has 0 spiro atoms. The van der Waals surface area contributed by atoms with E-state index in [9.17, 15) is 0 Å². The third-order valence-corrected chi connectivity index (χ3v) is 4.10. The van der Waals surface area contributed by atoms with Gasteiger partial charge in [0, 0.05) is 12.6 Å². The van der Waals surface area contributed by atoms with Crippen LogP contribution in [0, 0.1) is 5.92 Å². The average molecular weight is 240 g/mol. The predicted octanol–water partition coefficient (Wildman–Crippen LogP) is 3.28. The Morgan fingerprint density at radius 2 is 2.00 bits per heavy atom. The molecule has 2 nitrogen and oxygen atoms in total. The Hall–Kier alpha value is -0.0800. The second kappa shape index (κ2) is 8.93. The van der Waals surface area contributed by atoms with Crippen LogP contribution in [0.3, 0.4) is 0 Å². The van der Waals surface area contributed by atoms with Gasteiger partial charge in [-0.3, -0.25) is 0 Å². The maximum absolute atomic E-state index is 3.48. The van der Waals surface area contributed by atoms with E-state index in [2.05, 4.69) is 31.0 Å². The molecule has 17 heavy (non-hydrogen) atoms. The summed E-state index contributed by atoms with van der Waals surface area (Å²) in [6, 6.07) is 0.696. The van der Waals surface area contributed by atoms with Gasteiger partial charge in [-0.1, -0.05) is 26.7 Å². The fourth-order valence-electron chi connectivity index (χ4n) is 2.66. The molecule has 2 heteroatoms. The summed E-state index contributed by atoms with van der Waals surface area (Å²) in [4.78, 5) is 2.65. The van der Waals surface area contributed by atoms with Crippen molar-refractivity contribution in [2.45, 2.75) is 65.3 Å². The van der Waals surface area contributed by atoms with Crippen molar-refractivity contribution in [2.75, 3.05) is 26.2 Å². The van der Waals surface area contributed by atoms with Crippen molar-refractivity contribution in [2.24, 2.45) is 5.92 Å². The molecular formula is C15H32N2. The van der Waals surface area contributed by atoms with E-state index in [4.69, 9.17) is 0 Å². The van der Waals surface area contributed by atoms with Gasteiger partial charge in [-0.15, -0.1) is 0 Å². The van der Waals surface area contributed by atoms with Gasteiger partial charge in [0.1, 0.15) is 0 Å². The van der Waals surface area contributed by atoms with Crippen LogP contribution in [0.5, 0.6) is 0 Å². The molecule has 0 radical (unpaired) electrons. The van der Waals surface area contributed by atoms with Crippen LogP contribution in [0.4, 0.5) is 0 Å². The molecule has 0 aromatic carbocycles. The largest absolute Gasteiger partial charge is 0.315 e. The number of nitrogens with one attached hydrogen (secondary N) is 1. The van der Waals surface area contributed by atoms with Crippen LogP contribution < -0.4 is 5.32 Å². The third-order valence-electron chi connectivity index (χ3n) is 4.10. The SMILES string of the molecule is CCNC(C)CCCCN(CC)CC1CCC1. The molecule has 1 saturated carbocycles. The Morgan fingerprint density at radius 1 is 1.24 bits per heavy atom. The fourth-order valence-corrected chi connectivity index (χ4v) is 2.66. The van der Waals surface area contributed by atoms with E-state index >= 15 is 0 Å². The maximum Gasteiger partial charge on any atom is 0.00386 e. The third kappa shape index (κ3) is 6.42. The summed E-state index contributed by atoms with van der Waals surface area (Å²) < 4.78 is 0. The van der Waals surface area contributed by atoms with Gasteiger partial charge in [0.2, 0.25) is 0 Å². The lowest BCUT2D eigenvalue weighted by molar-refractivity contribution is 0.181. The molecule has 1 aliphatic rings. The normalized spacial score (nSPS) is 18.4. The molecule has 1 N–H and O–H groups in total. The number of unbranched alkanes of at least 4 members (excludes halogenated alkanes) is 1. The van der Waals surface area contributed by atoms with Crippen molar-refractivity contribution in [3.8, 4) is 0 Å². The van der Waals surface area contributed by atoms with Gasteiger partial charge in [-0.05, 0) is 58.2 Å². The van der Waals surface area contributed by atoms with Crippen molar-refractivity contribution in [1.29, 1.82) is 0 Å².